The number of nitrogens with zero attached hydrogens (tertiary/aromatic N) is 4. The summed E-state index contributed by atoms with van der Waals surface area (Å²) in [7, 11) is 0. The second kappa shape index (κ2) is 116. The molecular weight excluding hydrogens is 1570 g/mol. The summed E-state index contributed by atoms with van der Waals surface area (Å²) >= 11 is 6.50. The van der Waals surface area contributed by atoms with Crippen molar-refractivity contribution in [3.63, 3.8) is 0 Å². The minimum atomic E-state index is 1.27. The molecule has 0 atom stereocenters. The summed E-state index contributed by atoms with van der Waals surface area (Å²) in [4.78, 5) is 12.1. The van der Waals surface area contributed by atoms with Gasteiger partial charge in [0.1, 0.15) is 0 Å². The second-order valence-electron chi connectivity index (χ2n) is 40.2. The average molecular weight is 1800 g/mol. The third-order valence-corrected chi connectivity index (χ3v) is 28.2. The van der Waals surface area contributed by atoms with Gasteiger partial charge in [0.15, 0.2) is 0 Å². The van der Waals surface area contributed by atoms with Crippen LogP contribution in [0.1, 0.15) is 658 Å². The van der Waals surface area contributed by atoms with Gasteiger partial charge in [-0.2, -0.15) is 0 Å². The van der Waals surface area contributed by atoms with Crippen LogP contribution in [0.2, 0.25) is 0 Å². The molecule has 0 saturated carbocycles. The third-order valence-electron chi connectivity index (χ3n) is 28.2. The van der Waals surface area contributed by atoms with Crippen LogP contribution in [0.5, 0.6) is 0 Å². The van der Waals surface area contributed by atoms with Gasteiger partial charge in [-0.25, -0.2) is 0 Å². The van der Waals surface area contributed by atoms with E-state index in [-0.39, 0.29) is 0 Å². The molecule has 0 aromatic rings. The second-order valence-corrected chi connectivity index (χ2v) is 40.2. The molecule has 0 bridgehead atoms. The molecule has 0 fully saturated rings. The Balaban J connectivity index is 0. The van der Waals surface area contributed by atoms with Crippen molar-refractivity contribution in [1.29, 1.82) is 0 Å². The van der Waals surface area contributed by atoms with Crippen LogP contribution in [0.4, 0.5) is 0 Å². The Bertz CT molecular complexity index is 1400. The quantitative estimate of drug-likeness (QED) is 0.0444. The average Bonchev–Trinajstić information content (AvgIpc) is 0.928. The van der Waals surface area contributed by atoms with E-state index in [1.165, 1.54) is 695 Å². The number of rotatable bonds is 111. The molecule has 0 aliphatic heterocycles. The van der Waals surface area contributed by atoms with Gasteiger partial charge in [-0.05, 0) is 77.8 Å². The summed E-state index contributed by atoms with van der Waals surface area (Å²) in [6, 6.07) is 0. The van der Waals surface area contributed by atoms with Crippen LogP contribution in [0.15, 0.2) is 0 Å². The zero-order chi connectivity index (χ0) is 86.7. The molecule has 0 radical (unpaired) electrons. The van der Waals surface area contributed by atoms with Gasteiger partial charge in [-0.15, -0.1) is 0 Å². The van der Waals surface area contributed by atoms with E-state index < -0.39 is 0 Å². The molecule has 0 amide bonds. The number of hydrogen-bond acceptors (Lipinski definition) is 4. The van der Waals surface area contributed by atoms with Crippen LogP contribution in [0.3, 0.4) is 0 Å². The van der Waals surface area contributed by atoms with Crippen molar-refractivity contribution in [2.45, 2.75) is 658 Å². The molecule has 0 saturated heterocycles. The molecule has 0 rings (SSSR count). The Morgan fingerprint density at radius 3 is 0.225 bits per heavy atom. The molecule has 0 spiro atoms. The molecule has 0 aromatic heterocycles. The molecular formula is C114H234BrCuN4. The zero-order valence-corrected chi connectivity index (χ0v) is 87.4. The Morgan fingerprint density at radius 2 is 0.150 bits per heavy atom. The van der Waals surface area contributed by atoms with Gasteiger partial charge in [0, 0.05) is 39.3 Å². The van der Waals surface area contributed by atoms with E-state index in [0.29, 0.717) is 0 Å². The molecule has 0 aromatic carbocycles. The third kappa shape index (κ3) is 108. The first kappa shape index (κ1) is 123. The van der Waals surface area contributed by atoms with Gasteiger partial charge in [-0.3, -0.25) is 4.90 Å². The van der Waals surface area contributed by atoms with Crippen molar-refractivity contribution in [2.24, 2.45) is 0 Å². The fourth-order valence-corrected chi connectivity index (χ4v) is 19.5. The number of hydrogen-bond donors (Lipinski definition) is 0. The van der Waals surface area contributed by atoms with Crippen molar-refractivity contribution in [3.8, 4) is 0 Å². The van der Waals surface area contributed by atoms with Crippen LogP contribution in [-0.4, -0.2) is 98.1 Å². The van der Waals surface area contributed by atoms with Crippen molar-refractivity contribution in [1.82, 2.24) is 19.6 Å². The van der Waals surface area contributed by atoms with Crippen molar-refractivity contribution in [3.05, 3.63) is 0 Å². The van der Waals surface area contributed by atoms with Gasteiger partial charge in [0.2, 0.25) is 0 Å². The standard InChI is InChI=1S/C114H234N4.BrH.Cu/c1-7-13-19-25-31-37-43-49-55-61-67-73-79-85-91-97-103-115(104-98-92-86-80-74-68-62-56-50-44-38-32-26-20-14-8-2)109-112-118(113-110-116(105-99-93-87-81-75-69-63-57-51-45-39-33-27-21-15-9-3)106-100-94-88-82-76-70-64-58-52-46-40-34-28-22-16-10-4)114-111-117(107-101-95-89-83-77-71-65-59-53-47-41-35-29-23-17-11-5)108-102-96-90-84-78-72-66-60-54-48-42-36-30-24-18-12-6;;/h7-114H2,1-6H3;1H;/q;;+1/p-1. The maximum atomic E-state index is 4.00. The van der Waals surface area contributed by atoms with Crippen LogP contribution in [0.25, 0.3) is 0 Å². The first-order chi connectivity index (χ1) is 59.6. The van der Waals surface area contributed by atoms with Crippen LogP contribution in [-0.2, 0) is 14.2 Å². The first-order valence-electron chi connectivity index (χ1n) is 57.7. The Hall–Kier alpha value is 0.839. The molecule has 120 heavy (non-hydrogen) atoms. The SMILES string of the molecule is CCCCCCCCCCCCCCCCCCN(CCCCCCCCCCCCCCCCCC)CCN(CCN(CCCCCCCCCCCCCCCCCC)CCCCCCCCCCCCCCCCCC)CCN(CCCCCCCCCCCCCCCCCC)CCCCCCCCCCCCCCCCCC.[Cu][Br]. The summed E-state index contributed by atoms with van der Waals surface area (Å²) < 4.78 is 0. The summed E-state index contributed by atoms with van der Waals surface area (Å²) in [5, 5.41) is 0. The van der Waals surface area contributed by atoms with E-state index in [1.54, 1.807) is 0 Å². The molecule has 728 valence electrons. The van der Waals surface area contributed by atoms with E-state index >= 15 is 0 Å². The van der Waals surface area contributed by atoms with E-state index in [0.717, 1.165) is 0 Å². The van der Waals surface area contributed by atoms with E-state index in [4.69, 9.17) is 0 Å². The van der Waals surface area contributed by atoms with E-state index in [2.05, 4.69) is 89.5 Å². The Morgan fingerprint density at radius 1 is 0.0917 bits per heavy atom. The first-order valence-corrected chi connectivity index (χ1v) is 60.0. The van der Waals surface area contributed by atoms with Gasteiger partial charge in [-0.1, -0.05) is 619 Å². The van der Waals surface area contributed by atoms with Crippen LogP contribution in [0, 0.1) is 0 Å². The van der Waals surface area contributed by atoms with Crippen LogP contribution >= 0.6 is 14.1 Å². The molecule has 0 aliphatic carbocycles. The molecule has 0 heterocycles. The fraction of sp³-hybridized carbons (Fsp3) is 1.00. The van der Waals surface area contributed by atoms with Gasteiger partial charge >= 0.3 is 28.3 Å². The van der Waals surface area contributed by atoms with Gasteiger partial charge in [0.25, 0.3) is 0 Å². The summed E-state index contributed by atoms with van der Waals surface area (Å²) in [6.07, 6.45) is 140. The van der Waals surface area contributed by atoms with Gasteiger partial charge < -0.3 is 14.7 Å². The minimum absolute atomic E-state index is 1.27. The molecule has 0 N–H and O–H groups in total. The Labute approximate surface area is 778 Å². The maximum absolute atomic E-state index is 4.00. The van der Waals surface area contributed by atoms with Crippen molar-refractivity contribution >= 4 is 14.1 Å². The summed E-state index contributed by atoms with van der Waals surface area (Å²) in [5.41, 5.74) is 0. The topological polar surface area (TPSA) is 13.0 Å². The number of halogens is 1. The predicted octanol–water partition coefficient (Wildman–Crippen LogP) is 40.6. The number of unbranched alkanes of at least 4 members (excludes halogenated alkanes) is 90. The van der Waals surface area contributed by atoms with E-state index in [9.17, 15) is 0 Å². The van der Waals surface area contributed by atoms with Gasteiger partial charge in [0.05, 0.1) is 0 Å². The summed E-state index contributed by atoms with van der Waals surface area (Å²) in [6.45, 7) is 29.7. The van der Waals surface area contributed by atoms with Crippen LogP contribution < -0.4 is 0 Å². The fourth-order valence-electron chi connectivity index (χ4n) is 19.5. The van der Waals surface area contributed by atoms with Crippen molar-refractivity contribution < 1.29 is 14.2 Å². The molecule has 0 unspecified atom stereocenters. The molecule has 6 heteroatoms. The zero-order valence-electron chi connectivity index (χ0n) is 84.8. The molecule has 4 nitrogen and oxygen atoms in total. The van der Waals surface area contributed by atoms with Crippen molar-refractivity contribution in [2.75, 3.05) is 78.5 Å². The monoisotopic (exact) mass is 1800 g/mol. The normalized spacial score (nSPS) is 11.9. The summed E-state index contributed by atoms with van der Waals surface area (Å²) in [5.74, 6) is 0. The Kier molecular flexibility index (Phi) is 119. The van der Waals surface area contributed by atoms with E-state index in [1.807, 2.05) is 0 Å². The molecule has 0 aliphatic rings. The predicted molar refractivity (Wildman–Crippen MR) is 552 cm³/mol.